The highest BCUT2D eigenvalue weighted by molar-refractivity contribution is 7.92. The Labute approximate surface area is 152 Å². The number of hydrogen-bond donors (Lipinski definition) is 2. The fourth-order valence-corrected chi connectivity index (χ4v) is 3.20. The van der Waals surface area contributed by atoms with Crippen molar-refractivity contribution in [1.82, 2.24) is 10.6 Å². The minimum Gasteiger partial charge on any atom is -0.465 e. The Morgan fingerprint density at radius 2 is 1.96 bits per heavy atom. The van der Waals surface area contributed by atoms with Gasteiger partial charge in [-0.25, -0.2) is 18.0 Å². The van der Waals surface area contributed by atoms with Crippen LogP contribution in [0, 0.1) is 0 Å². The second-order valence-corrected chi connectivity index (χ2v) is 7.86. The Hall–Kier alpha value is -2.00. The molecule has 0 aliphatic carbocycles. The van der Waals surface area contributed by atoms with Crippen LogP contribution in [-0.2, 0) is 14.8 Å². The van der Waals surface area contributed by atoms with E-state index in [9.17, 15) is 18.0 Å². The van der Waals surface area contributed by atoms with Crippen molar-refractivity contribution in [2.75, 3.05) is 30.8 Å². The van der Waals surface area contributed by atoms with E-state index >= 15 is 0 Å². The third-order valence-corrected chi connectivity index (χ3v) is 4.56. The van der Waals surface area contributed by atoms with Gasteiger partial charge < -0.3 is 15.4 Å². The van der Waals surface area contributed by atoms with Crippen molar-refractivity contribution in [1.29, 1.82) is 0 Å². The van der Waals surface area contributed by atoms with Crippen molar-refractivity contribution in [2.24, 2.45) is 0 Å². The van der Waals surface area contributed by atoms with Gasteiger partial charge in [-0.2, -0.15) is 0 Å². The average Bonchev–Trinajstić information content (AvgIpc) is 2.50. The summed E-state index contributed by atoms with van der Waals surface area (Å²) >= 11 is 6.10. The minimum atomic E-state index is -3.69. The standard InChI is InChI=1S/C15H22ClN3O5S/c1-10(2)18-15(21)17-7-8-19(25(4,22)23)13-9-11(14(20)24-3)5-6-12(13)16/h5-6,9-10H,7-8H2,1-4H3,(H2,17,18,21). The lowest BCUT2D eigenvalue weighted by atomic mass is 10.2. The van der Waals surface area contributed by atoms with Crippen LogP contribution in [0.25, 0.3) is 0 Å². The number of amides is 2. The molecule has 0 unspecified atom stereocenters. The fourth-order valence-electron chi connectivity index (χ4n) is 2.00. The van der Waals surface area contributed by atoms with E-state index < -0.39 is 22.0 Å². The third-order valence-electron chi connectivity index (χ3n) is 3.06. The predicted molar refractivity (Wildman–Crippen MR) is 96.7 cm³/mol. The zero-order valence-electron chi connectivity index (χ0n) is 14.5. The Bertz CT molecular complexity index is 737. The van der Waals surface area contributed by atoms with Crippen molar-refractivity contribution in [3.8, 4) is 0 Å². The summed E-state index contributed by atoms with van der Waals surface area (Å²) in [6.07, 6.45) is 1.02. The van der Waals surface area contributed by atoms with Crippen molar-refractivity contribution in [3.05, 3.63) is 28.8 Å². The number of nitrogens with zero attached hydrogens (tertiary/aromatic N) is 1. The van der Waals surface area contributed by atoms with Gasteiger partial charge in [0.1, 0.15) is 0 Å². The topological polar surface area (TPSA) is 105 Å². The SMILES string of the molecule is COC(=O)c1ccc(Cl)c(N(CCNC(=O)NC(C)C)S(C)(=O)=O)c1. The quantitative estimate of drug-likeness (QED) is 0.687. The molecule has 0 spiro atoms. The van der Waals surface area contributed by atoms with Gasteiger partial charge in [0, 0.05) is 12.6 Å². The summed E-state index contributed by atoms with van der Waals surface area (Å²) in [6.45, 7) is 3.63. The molecule has 0 aliphatic heterocycles. The first-order chi connectivity index (χ1) is 11.6. The van der Waals surface area contributed by atoms with Crippen molar-refractivity contribution in [3.63, 3.8) is 0 Å². The van der Waals surface area contributed by atoms with Crippen LogP contribution in [-0.4, -0.2) is 52.9 Å². The van der Waals surface area contributed by atoms with E-state index in [0.29, 0.717) is 0 Å². The Kier molecular flexibility index (Phi) is 7.50. The smallest absolute Gasteiger partial charge is 0.337 e. The first-order valence-corrected chi connectivity index (χ1v) is 9.68. The Balaban J connectivity index is 3.01. The van der Waals surface area contributed by atoms with Gasteiger partial charge in [0.25, 0.3) is 0 Å². The number of sulfonamides is 1. The summed E-state index contributed by atoms with van der Waals surface area (Å²) in [7, 11) is -2.46. The molecule has 0 aliphatic rings. The van der Waals surface area contributed by atoms with Gasteiger partial charge in [-0.15, -0.1) is 0 Å². The van der Waals surface area contributed by atoms with E-state index in [1.807, 2.05) is 0 Å². The maximum atomic E-state index is 12.1. The molecule has 2 N–H and O–H groups in total. The maximum absolute atomic E-state index is 12.1. The van der Waals surface area contributed by atoms with Crippen molar-refractivity contribution >= 4 is 39.3 Å². The summed E-state index contributed by atoms with van der Waals surface area (Å²) in [5, 5.41) is 5.35. The summed E-state index contributed by atoms with van der Waals surface area (Å²) in [5.74, 6) is -0.610. The number of anilines is 1. The minimum absolute atomic E-state index is 0.0443. The van der Waals surface area contributed by atoms with Gasteiger partial charge in [-0.3, -0.25) is 4.31 Å². The number of esters is 1. The lowest BCUT2D eigenvalue weighted by molar-refractivity contribution is 0.0600. The molecule has 140 valence electrons. The zero-order chi connectivity index (χ0) is 19.2. The van der Waals surface area contributed by atoms with Gasteiger partial charge in [0.2, 0.25) is 10.0 Å². The van der Waals surface area contributed by atoms with Crippen LogP contribution in [0.3, 0.4) is 0 Å². The van der Waals surface area contributed by atoms with Crippen LogP contribution in [0.15, 0.2) is 18.2 Å². The molecule has 2 amide bonds. The molecule has 0 radical (unpaired) electrons. The first-order valence-electron chi connectivity index (χ1n) is 7.46. The van der Waals surface area contributed by atoms with E-state index in [1.165, 1.54) is 25.3 Å². The summed E-state index contributed by atoms with van der Waals surface area (Å²) in [4.78, 5) is 23.2. The predicted octanol–water partition coefficient (Wildman–Crippen LogP) is 1.60. The van der Waals surface area contributed by atoms with Crippen LogP contribution in [0.2, 0.25) is 5.02 Å². The number of hydrogen-bond acceptors (Lipinski definition) is 5. The molecule has 1 aromatic rings. The Morgan fingerprint density at radius 3 is 2.48 bits per heavy atom. The number of benzene rings is 1. The van der Waals surface area contributed by atoms with Crippen LogP contribution >= 0.6 is 11.6 Å². The van der Waals surface area contributed by atoms with Gasteiger partial charge >= 0.3 is 12.0 Å². The summed E-state index contributed by atoms with van der Waals surface area (Å²) in [5.41, 5.74) is 0.305. The van der Waals surface area contributed by atoms with E-state index in [-0.39, 0.29) is 35.4 Å². The van der Waals surface area contributed by atoms with Gasteiger partial charge in [0.15, 0.2) is 0 Å². The lowest BCUT2D eigenvalue weighted by Crippen LogP contribution is -2.44. The molecule has 1 rings (SSSR count). The van der Waals surface area contributed by atoms with Gasteiger partial charge in [-0.05, 0) is 32.0 Å². The molecule has 0 fully saturated rings. The van der Waals surface area contributed by atoms with Crippen LogP contribution in [0.5, 0.6) is 0 Å². The molecule has 25 heavy (non-hydrogen) atoms. The van der Waals surface area contributed by atoms with Gasteiger partial charge in [-0.1, -0.05) is 11.6 Å². The van der Waals surface area contributed by atoms with E-state index in [0.717, 1.165) is 10.6 Å². The summed E-state index contributed by atoms with van der Waals surface area (Å²) in [6, 6.07) is 3.74. The molecule has 0 aromatic heterocycles. The molecule has 0 atom stereocenters. The molecule has 8 nitrogen and oxygen atoms in total. The number of carbonyl (C=O) groups excluding carboxylic acids is 2. The largest absolute Gasteiger partial charge is 0.465 e. The summed E-state index contributed by atoms with van der Waals surface area (Å²) < 4.78 is 29.9. The number of urea groups is 1. The lowest BCUT2D eigenvalue weighted by Gasteiger charge is -2.24. The van der Waals surface area contributed by atoms with Crippen LogP contribution < -0.4 is 14.9 Å². The molecule has 1 aromatic carbocycles. The van der Waals surface area contributed by atoms with E-state index in [1.54, 1.807) is 13.8 Å². The highest BCUT2D eigenvalue weighted by Crippen LogP contribution is 2.29. The second kappa shape index (κ2) is 8.91. The molecular formula is C15H22ClN3O5S. The number of methoxy groups -OCH3 is 1. The zero-order valence-corrected chi connectivity index (χ0v) is 16.1. The number of halogens is 1. The highest BCUT2D eigenvalue weighted by Gasteiger charge is 2.22. The number of ether oxygens (including phenoxy) is 1. The number of carbonyl (C=O) groups is 2. The molecule has 0 saturated heterocycles. The highest BCUT2D eigenvalue weighted by atomic mass is 35.5. The third kappa shape index (κ3) is 6.43. The Morgan fingerprint density at radius 1 is 1.32 bits per heavy atom. The van der Waals surface area contributed by atoms with Crippen molar-refractivity contribution in [2.45, 2.75) is 19.9 Å². The van der Waals surface area contributed by atoms with Crippen molar-refractivity contribution < 1.29 is 22.7 Å². The molecule has 0 saturated carbocycles. The van der Waals surface area contributed by atoms with Crippen LogP contribution in [0.4, 0.5) is 10.5 Å². The molecule has 0 heterocycles. The fraction of sp³-hybridized carbons (Fsp3) is 0.467. The van der Waals surface area contributed by atoms with E-state index in [2.05, 4.69) is 15.4 Å². The number of nitrogens with one attached hydrogen (secondary N) is 2. The maximum Gasteiger partial charge on any atom is 0.337 e. The molecule has 0 bridgehead atoms. The van der Waals surface area contributed by atoms with Gasteiger partial charge in [0.05, 0.1) is 36.2 Å². The number of rotatable bonds is 7. The van der Waals surface area contributed by atoms with Crippen LogP contribution in [0.1, 0.15) is 24.2 Å². The molecule has 10 heteroatoms. The first kappa shape index (κ1) is 21.0. The molecular weight excluding hydrogens is 370 g/mol. The monoisotopic (exact) mass is 391 g/mol. The second-order valence-electron chi connectivity index (χ2n) is 5.55. The van der Waals surface area contributed by atoms with E-state index in [4.69, 9.17) is 11.6 Å². The average molecular weight is 392 g/mol. The normalized spacial score (nSPS) is 11.1.